The summed E-state index contributed by atoms with van der Waals surface area (Å²) in [6.45, 7) is 2.16. The van der Waals surface area contributed by atoms with Crippen molar-refractivity contribution in [2.75, 3.05) is 0 Å². The molecule has 0 atom stereocenters. The molecular weight excluding hydrogens is 339 g/mol. The first-order valence-corrected chi connectivity index (χ1v) is 6.16. The monoisotopic (exact) mass is 348 g/mol. The Labute approximate surface area is 101 Å². The minimum absolute atomic E-state index is 1.14. The van der Waals surface area contributed by atoms with Gasteiger partial charge in [-0.2, -0.15) is 0 Å². The fourth-order valence-corrected chi connectivity index (χ4v) is 2.51. The van der Waals surface area contributed by atoms with Crippen LogP contribution in [0.2, 0.25) is 0 Å². The molecule has 0 heterocycles. The summed E-state index contributed by atoms with van der Waals surface area (Å²) >= 11 is 5.97. The van der Waals surface area contributed by atoms with Crippen LogP contribution < -0.4 is 0 Å². The molecule has 0 radical (unpaired) electrons. The van der Waals surface area contributed by atoms with Crippen molar-refractivity contribution in [1.82, 2.24) is 0 Å². The summed E-state index contributed by atoms with van der Waals surface area (Å²) < 4.78 is 2.61. The molecule has 1 aliphatic rings. The summed E-state index contributed by atoms with van der Waals surface area (Å²) in [7, 11) is 0. The molecule has 0 fully saturated rings. The summed E-state index contributed by atoms with van der Waals surface area (Å²) in [5.74, 6) is 0. The number of rotatable bonds is 2. The average Bonchev–Trinajstić information content (AvgIpc) is 2.83. The third-order valence-corrected chi connectivity index (χ3v) is 4.21. The maximum absolute atomic E-state index is 3.53. The van der Waals surface area contributed by atoms with Crippen molar-refractivity contribution < 1.29 is 0 Å². The van der Waals surface area contributed by atoms with E-state index >= 15 is 0 Å². The maximum atomic E-state index is 3.53. The quantitative estimate of drug-likeness (QED) is 0.554. The lowest BCUT2D eigenvalue weighted by molar-refractivity contribution is 1.16. The largest absolute Gasteiger partial charge is 0.0806 e. The third-order valence-electron chi connectivity index (χ3n) is 2.20. The molecule has 68 valence electrons. The Bertz CT molecular complexity index is 380. The van der Waals surface area contributed by atoms with E-state index < -0.39 is 0 Å². The van der Waals surface area contributed by atoms with Crippen molar-refractivity contribution in [3.05, 3.63) is 43.0 Å². The minimum atomic E-state index is 1.14. The van der Waals surface area contributed by atoms with Crippen LogP contribution in [-0.4, -0.2) is 0 Å². The Morgan fingerprint density at radius 2 is 2.15 bits per heavy atom. The van der Waals surface area contributed by atoms with Gasteiger partial charge in [-0.1, -0.05) is 27.6 Å². The fraction of sp³-hybridized carbons (Fsp3) is 0.273. The first-order chi connectivity index (χ1) is 6.16. The van der Waals surface area contributed by atoms with Gasteiger partial charge in [0.2, 0.25) is 0 Å². The van der Waals surface area contributed by atoms with Crippen LogP contribution in [-0.2, 0) is 6.42 Å². The van der Waals surface area contributed by atoms with Crippen LogP contribution in [0.5, 0.6) is 0 Å². The van der Waals surface area contributed by atoms with Gasteiger partial charge >= 0.3 is 0 Å². The van der Waals surface area contributed by atoms with Gasteiger partial charge in [0.25, 0.3) is 0 Å². The molecule has 2 heteroatoms. The lowest BCUT2D eigenvalue weighted by atomic mass is 10.1. The molecule has 0 bridgehead atoms. The van der Waals surface area contributed by atoms with Crippen molar-refractivity contribution in [3.8, 4) is 0 Å². The zero-order valence-electron chi connectivity index (χ0n) is 7.40. The van der Waals surface area contributed by atoms with Gasteiger partial charge in [-0.15, -0.1) is 0 Å². The molecule has 0 aliphatic heterocycles. The van der Waals surface area contributed by atoms with Gasteiger partial charge in [-0.05, 0) is 65.6 Å². The number of halogens is 2. The van der Waals surface area contributed by atoms with Gasteiger partial charge < -0.3 is 0 Å². The highest BCUT2D eigenvalue weighted by Gasteiger charge is 2.11. The highest BCUT2D eigenvalue weighted by atomic mass is 127. The molecule has 0 aromatic heterocycles. The molecular formula is C11H10BrI. The average molecular weight is 349 g/mol. The van der Waals surface area contributed by atoms with E-state index in [-0.39, 0.29) is 0 Å². The molecule has 0 saturated heterocycles. The van der Waals surface area contributed by atoms with Gasteiger partial charge in [0.05, 0.1) is 0 Å². The van der Waals surface area contributed by atoms with E-state index in [2.05, 4.69) is 63.7 Å². The highest BCUT2D eigenvalue weighted by molar-refractivity contribution is 14.1. The van der Waals surface area contributed by atoms with E-state index in [1.807, 2.05) is 0 Å². The summed E-state index contributed by atoms with van der Waals surface area (Å²) in [5, 5.41) is 0. The fourth-order valence-electron chi connectivity index (χ4n) is 1.38. The van der Waals surface area contributed by atoms with Crippen LogP contribution in [0.3, 0.4) is 0 Å². The normalized spacial score (nSPS) is 14.2. The standard InChI is InChI=1S/C11H10BrI/c1-7-4-10(12)6-9(11(7)13)5-8-2-3-8/h2,4,6H,3,5H2,1H3. The van der Waals surface area contributed by atoms with E-state index in [0.29, 0.717) is 0 Å². The Balaban J connectivity index is 2.36. The Morgan fingerprint density at radius 1 is 1.46 bits per heavy atom. The summed E-state index contributed by atoms with van der Waals surface area (Å²) in [5.41, 5.74) is 4.40. The number of benzene rings is 1. The first kappa shape index (κ1) is 9.71. The van der Waals surface area contributed by atoms with E-state index in [1.165, 1.54) is 25.6 Å². The van der Waals surface area contributed by atoms with E-state index in [4.69, 9.17) is 0 Å². The maximum Gasteiger partial charge on any atom is 0.0195 e. The van der Waals surface area contributed by atoms with Crippen molar-refractivity contribution in [3.63, 3.8) is 0 Å². The summed E-state index contributed by atoms with van der Waals surface area (Å²) in [4.78, 5) is 0. The second-order valence-corrected chi connectivity index (χ2v) is 5.43. The van der Waals surface area contributed by atoms with Crippen LogP contribution in [0.25, 0.3) is 0 Å². The van der Waals surface area contributed by atoms with Crippen LogP contribution in [0, 0.1) is 10.5 Å². The Kier molecular flexibility index (Phi) is 2.79. The third kappa shape index (κ3) is 2.34. The van der Waals surface area contributed by atoms with Crippen molar-refractivity contribution in [2.24, 2.45) is 0 Å². The number of hydrogen-bond donors (Lipinski definition) is 0. The van der Waals surface area contributed by atoms with Crippen molar-refractivity contribution in [1.29, 1.82) is 0 Å². The van der Waals surface area contributed by atoms with Gasteiger partial charge in [0.15, 0.2) is 0 Å². The number of aryl methyl sites for hydroxylation is 1. The molecule has 0 N–H and O–H groups in total. The molecule has 0 amide bonds. The van der Waals surface area contributed by atoms with Crippen LogP contribution in [0.15, 0.2) is 28.3 Å². The van der Waals surface area contributed by atoms with Crippen molar-refractivity contribution in [2.45, 2.75) is 19.8 Å². The molecule has 0 nitrogen and oxygen atoms in total. The zero-order valence-corrected chi connectivity index (χ0v) is 11.1. The molecule has 0 saturated carbocycles. The highest BCUT2D eigenvalue weighted by Crippen LogP contribution is 2.29. The molecule has 0 spiro atoms. The predicted molar refractivity (Wildman–Crippen MR) is 68.0 cm³/mol. The first-order valence-electron chi connectivity index (χ1n) is 4.29. The summed E-state index contributed by atoms with van der Waals surface area (Å²) in [6.07, 6.45) is 4.66. The van der Waals surface area contributed by atoms with E-state index in [0.717, 1.165) is 6.42 Å². The lowest BCUT2D eigenvalue weighted by Gasteiger charge is -2.06. The van der Waals surface area contributed by atoms with Gasteiger partial charge in [-0.3, -0.25) is 0 Å². The lowest BCUT2D eigenvalue weighted by Crippen LogP contribution is -1.91. The Hall–Kier alpha value is 0.170. The van der Waals surface area contributed by atoms with E-state index in [1.54, 1.807) is 5.57 Å². The second-order valence-electron chi connectivity index (χ2n) is 3.44. The Morgan fingerprint density at radius 3 is 2.77 bits per heavy atom. The smallest absolute Gasteiger partial charge is 0.0195 e. The van der Waals surface area contributed by atoms with Crippen molar-refractivity contribution >= 4 is 38.5 Å². The van der Waals surface area contributed by atoms with E-state index in [9.17, 15) is 0 Å². The molecule has 2 rings (SSSR count). The summed E-state index contributed by atoms with van der Waals surface area (Å²) in [6, 6.07) is 4.40. The molecule has 1 aromatic carbocycles. The number of hydrogen-bond acceptors (Lipinski definition) is 0. The van der Waals surface area contributed by atoms with Crippen LogP contribution >= 0.6 is 38.5 Å². The van der Waals surface area contributed by atoms with Gasteiger partial charge in [-0.25, -0.2) is 0 Å². The predicted octanol–water partition coefficient (Wildman–Crippen LogP) is 4.23. The van der Waals surface area contributed by atoms with Gasteiger partial charge in [0, 0.05) is 8.04 Å². The molecule has 0 unspecified atom stereocenters. The topological polar surface area (TPSA) is 0 Å². The minimum Gasteiger partial charge on any atom is -0.0806 e. The SMILES string of the molecule is Cc1cc(Br)cc(CC2=CC2)c1I. The van der Waals surface area contributed by atoms with Crippen LogP contribution in [0.1, 0.15) is 17.5 Å². The zero-order chi connectivity index (χ0) is 9.42. The second kappa shape index (κ2) is 3.73. The molecule has 1 aromatic rings. The molecule has 1 aliphatic carbocycles. The van der Waals surface area contributed by atoms with Crippen LogP contribution in [0.4, 0.5) is 0 Å². The number of allylic oxidation sites excluding steroid dienone is 2. The molecule has 13 heavy (non-hydrogen) atoms. The van der Waals surface area contributed by atoms with Gasteiger partial charge in [0.1, 0.15) is 0 Å².